The summed E-state index contributed by atoms with van der Waals surface area (Å²) in [5.74, 6) is -1.04. The fraction of sp³-hybridized carbons (Fsp3) is 0.154. The van der Waals surface area contributed by atoms with E-state index in [1.165, 1.54) is 19.2 Å². The van der Waals surface area contributed by atoms with Crippen molar-refractivity contribution in [3.8, 4) is 0 Å². The van der Waals surface area contributed by atoms with Crippen LogP contribution in [0.3, 0.4) is 0 Å². The number of carbonyl (C=O) groups excluding carboxylic acids is 1. The lowest BCUT2D eigenvalue weighted by atomic mass is 10.1. The molecule has 18 heavy (non-hydrogen) atoms. The smallest absolute Gasteiger partial charge is 0.340 e. The standard InChI is InChI=1S/C13H13FN2O2/c1-18-13(17)11-7-9(14)4-5-12(11)16-8-10-3-2-6-15-10/h2-7,15-16H,8H2,1H3. The first-order valence-corrected chi connectivity index (χ1v) is 5.44. The van der Waals surface area contributed by atoms with Crippen molar-refractivity contribution >= 4 is 11.7 Å². The molecule has 0 spiro atoms. The molecular formula is C13H13FN2O2. The lowest BCUT2D eigenvalue weighted by molar-refractivity contribution is 0.0601. The highest BCUT2D eigenvalue weighted by Crippen LogP contribution is 2.18. The predicted molar refractivity (Wildman–Crippen MR) is 65.9 cm³/mol. The summed E-state index contributed by atoms with van der Waals surface area (Å²) < 4.78 is 17.7. The maximum Gasteiger partial charge on any atom is 0.340 e. The fourth-order valence-corrected chi connectivity index (χ4v) is 1.62. The van der Waals surface area contributed by atoms with Crippen molar-refractivity contribution in [1.82, 2.24) is 4.98 Å². The van der Waals surface area contributed by atoms with Crippen molar-refractivity contribution in [2.24, 2.45) is 0 Å². The topological polar surface area (TPSA) is 54.1 Å². The van der Waals surface area contributed by atoms with E-state index in [1.54, 1.807) is 0 Å². The van der Waals surface area contributed by atoms with Crippen molar-refractivity contribution < 1.29 is 13.9 Å². The zero-order chi connectivity index (χ0) is 13.0. The molecule has 1 heterocycles. The van der Waals surface area contributed by atoms with Crippen molar-refractivity contribution in [2.75, 3.05) is 12.4 Å². The SMILES string of the molecule is COC(=O)c1cc(F)ccc1NCc1ccc[nH]1. The lowest BCUT2D eigenvalue weighted by Gasteiger charge is -2.10. The van der Waals surface area contributed by atoms with Crippen LogP contribution in [0.4, 0.5) is 10.1 Å². The molecule has 0 amide bonds. The summed E-state index contributed by atoms with van der Waals surface area (Å²) in [5.41, 5.74) is 1.69. The molecule has 0 radical (unpaired) electrons. The quantitative estimate of drug-likeness (QED) is 0.817. The first kappa shape index (κ1) is 12.2. The maximum absolute atomic E-state index is 13.1. The lowest BCUT2D eigenvalue weighted by Crippen LogP contribution is -2.09. The van der Waals surface area contributed by atoms with E-state index in [4.69, 9.17) is 0 Å². The van der Waals surface area contributed by atoms with Crippen LogP contribution >= 0.6 is 0 Å². The van der Waals surface area contributed by atoms with Crippen LogP contribution in [0, 0.1) is 5.82 Å². The van der Waals surface area contributed by atoms with Gasteiger partial charge in [-0.2, -0.15) is 0 Å². The Morgan fingerprint density at radius 2 is 2.28 bits per heavy atom. The summed E-state index contributed by atoms with van der Waals surface area (Å²) >= 11 is 0. The zero-order valence-electron chi connectivity index (χ0n) is 9.87. The molecule has 4 nitrogen and oxygen atoms in total. The van der Waals surface area contributed by atoms with E-state index in [0.29, 0.717) is 12.2 Å². The Hall–Kier alpha value is -2.30. The first-order chi connectivity index (χ1) is 8.70. The molecule has 0 fully saturated rings. The number of halogens is 1. The molecule has 0 unspecified atom stereocenters. The van der Waals surface area contributed by atoms with Crippen LogP contribution in [0.15, 0.2) is 36.5 Å². The van der Waals surface area contributed by atoms with Gasteiger partial charge in [-0.15, -0.1) is 0 Å². The highest BCUT2D eigenvalue weighted by molar-refractivity contribution is 5.95. The largest absolute Gasteiger partial charge is 0.465 e. The molecule has 0 aliphatic carbocycles. The first-order valence-electron chi connectivity index (χ1n) is 5.44. The number of methoxy groups -OCH3 is 1. The molecule has 0 atom stereocenters. The molecular weight excluding hydrogens is 235 g/mol. The van der Waals surface area contributed by atoms with Gasteiger partial charge in [-0.05, 0) is 30.3 Å². The molecule has 0 saturated carbocycles. The van der Waals surface area contributed by atoms with Gasteiger partial charge in [0.05, 0.1) is 19.2 Å². The van der Waals surface area contributed by atoms with Crippen LogP contribution in [0.25, 0.3) is 0 Å². The molecule has 5 heteroatoms. The summed E-state index contributed by atoms with van der Waals surface area (Å²) in [6, 6.07) is 7.76. The van der Waals surface area contributed by atoms with Crippen LogP contribution in [0.2, 0.25) is 0 Å². The van der Waals surface area contributed by atoms with E-state index in [1.807, 2.05) is 18.3 Å². The van der Waals surface area contributed by atoms with Gasteiger partial charge in [0, 0.05) is 17.6 Å². The normalized spacial score (nSPS) is 10.1. The number of hydrogen-bond acceptors (Lipinski definition) is 3. The number of carbonyl (C=O) groups is 1. The minimum absolute atomic E-state index is 0.184. The number of rotatable bonds is 4. The molecule has 0 aliphatic heterocycles. The van der Waals surface area contributed by atoms with Gasteiger partial charge in [-0.3, -0.25) is 0 Å². The van der Waals surface area contributed by atoms with Gasteiger partial charge in [-0.25, -0.2) is 9.18 Å². The van der Waals surface area contributed by atoms with Crippen LogP contribution < -0.4 is 5.32 Å². The van der Waals surface area contributed by atoms with E-state index in [9.17, 15) is 9.18 Å². The van der Waals surface area contributed by atoms with Gasteiger partial charge in [0.1, 0.15) is 5.82 Å². The second-order valence-corrected chi connectivity index (χ2v) is 3.73. The molecule has 0 bridgehead atoms. The minimum Gasteiger partial charge on any atom is -0.465 e. The van der Waals surface area contributed by atoms with Crippen LogP contribution in [-0.4, -0.2) is 18.1 Å². The number of anilines is 1. The summed E-state index contributed by atoms with van der Waals surface area (Å²) in [5, 5.41) is 3.06. The van der Waals surface area contributed by atoms with Gasteiger partial charge in [0.15, 0.2) is 0 Å². The highest BCUT2D eigenvalue weighted by Gasteiger charge is 2.12. The van der Waals surface area contributed by atoms with Crippen LogP contribution in [0.5, 0.6) is 0 Å². The van der Waals surface area contributed by atoms with E-state index in [2.05, 4.69) is 15.0 Å². The fourth-order valence-electron chi connectivity index (χ4n) is 1.62. The molecule has 2 aromatic rings. The molecule has 2 N–H and O–H groups in total. The average Bonchev–Trinajstić information content (AvgIpc) is 2.89. The van der Waals surface area contributed by atoms with E-state index in [0.717, 1.165) is 11.8 Å². The zero-order valence-corrected chi connectivity index (χ0v) is 9.87. The minimum atomic E-state index is -0.566. The average molecular weight is 248 g/mol. The highest BCUT2D eigenvalue weighted by atomic mass is 19.1. The van der Waals surface area contributed by atoms with E-state index >= 15 is 0 Å². The van der Waals surface area contributed by atoms with Gasteiger partial charge >= 0.3 is 5.97 Å². The van der Waals surface area contributed by atoms with Crippen LogP contribution in [0.1, 0.15) is 16.1 Å². The van der Waals surface area contributed by atoms with Crippen molar-refractivity contribution in [1.29, 1.82) is 0 Å². The monoisotopic (exact) mass is 248 g/mol. The Morgan fingerprint density at radius 1 is 1.44 bits per heavy atom. The Kier molecular flexibility index (Phi) is 3.62. The Labute approximate surface area is 104 Å². The van der Waals surface area contributed by atoms with Crippen LogP contribution in [-0.2, 0) is 11.3 Å². The number of ether oxygens (including phenoxy) is 1. The van der Waals surface area contributed by atoms with E-state index in [-0.39, 0.29) is 5.56 Å². The van der Waals surface area contributed by atoms with Gasteiger partial charge < -0.3 is 15.0 Å². The number of aromatic nitrogens is 1. The maximum atomic E-state index is 13.1. The second-order valence-electron chi connectivity index (χ2n) is 3.73. The van der Waals surface area contributed by atoms with Gasteiger partial charge in [-0.1, -0.05) is 0 Å². The third-order valence-corrected chi connectivity index (χ3v) is 2.52. The number of benzene rings is 1. The van der Waals surface area contributed by atoms with Crippen molar-refractivity contribution in [2.45, 2.75) is 6.54 Å². The number of hydrogen-bond donors (Lipinski definition) is 2. The Balaban J connectivity index is 2.18. The van der Waals surface area contributed by atoms with E-state index < -0.39 is 11.8 Å². The Bertz CT molecular complexity index is 538. The molecule has 1 aromatic heterocycles. The molecule has 1 aromatic carbocycles. The molecule has 0 aliphatic rings. The summed E-state index contributed by atoms with van der Waals surface area (Å²) in [6.07, 6.45) is 1.81. The summed E-state index contributed by atoms with van der Waals surface area (Å²) in [4.78, 5) is 14.5. The number of H-pyrrole nitrogens is 1. The Morgan fingerprint density at radius 3 is 2.94 bits per heavy atom. The number of aromatic amines is 1. The predicted octanol–water partition coefficient (Wildman–Crippen LogP) is 2.55. The third-order valence-electron chi connectivity index (χ3n) is 2.52. The molecule has 2 rings (SSSR count). The van der Waals surface area contributed by atoms with Crippen molar-refractivity contribution in [3.63, 3.8) is 0 Å². The van der Waals surface area contributed by atoms with Gasteiger partial charge in [0.2, 0.25) is 0 Å². The third kappa shape index (κ3) is 2.68. The summed E-state index contributed by atoms with van der Waals surface area (Å²) in [7, 11) is 1.27. The number of esters is 1. The summed E-state index contributed by atoms with van der Waals surface area (Å²) in [6.45, 7) is 0.516. The van der Waals surface area contributed by atoms with Crippen molar-refractivity contribution in [3.05, 3.63) is 53.6 Å². The number of nitrogens with one attached hydrogen (secondary N) is 2. The second kappa shape index (κ2) is 5.35. The molecule has 0 saturated heterocycles. The van der Waals surface area contributed by atoms with Gasteiger partial charge in [0.25, 0.3) is 0 Å². The molecule has 94 valence electrons.